The molecule has 0 saturated heterocycles. The Morgan fingerprint density at radius 2 is 1.93 bits per heavy atom. The van der Waals surface area contributed by atoms with E-state index in [1.165, 1.54) is 0 Å². The first-order chi connectivity index (χ1) is 13.1. The van der Waals surface area contributed by atoms with Crippen LogP contribution in [-0.4, -0.2) is 32.6 Å². The topological polar surface area (TPSA) is 67.9 Å². The van der Waals surface area contributed by atoms with E-state index < -0.39 is 0 Å². The molecule has 0 spiro atoms. The number of ether oxygens (including phenoxy) is 2. The molecule has 1 heterocycles. The highest BCUT2D eigenvalue weighted by Crippen LogP contribution is 2.27. The largest absolute Gasteiger partial charge is 0.497 e. The summed E-state index contributed by atoms with van der Waals surface area (Å²) in [7, 11) is 3.17. The van der Waals surface area contributed by atoms with Crippen LogP contribution in [-0.2, 0) is 22.6 Å². The van der Waals surface area contributed by atoms with E-state index in [0.29, 0.717) is 24.5 Å². The second kappa shape index (κ2) is 8.58. The van der Waals surface area contributed by atoms with Crippen molar-refractivity contribution in [2.24, 2.45) is 0 Å². The summed E-state index contributed by atoms with van der Waals surface area (Å²) in [5.74, 6) is 1.13. The van der Waals surface area contributed by atoms with Gasteiger partial charge < -0.3 is 19.7 Å². The summed E-state index contributed by atoms with van der Waals surface area (Å²) in [5.41, 5.74) is 2.74. The third kappa shape index (κ3) is 4.39. The number of aryl methyl sites for hydroxylation is 1. The van der Waals surface area contributed by atoms with Crippen molar-refractivity contribution in [3.63, 3.8) is 0 Å². The van der Waals surface area contributed by atoms with Gasteiger partial charge in [-0.2, -0.15) is 0 Å². The molecule has 2 amide bonds. The zero-order valence-corrected chi connectivity index (χ0v) is 15.7. The summed E-state index contributed by atoms with van der Waals surface area (Å²) in [6, 6.07) is 13.2. The molecule has 0 aromatic heterocycles. The minimum Gasteiger partial charge on any atom is -0.497 e. The predicted octanol–water partition coefficient (Wildman–Crippen LogP) is 2.69. The lowest BCUT2D eigenvalue weighted by Crippen LogP contribution is -2.40. The van der Waals surface area contributed by atoms with Crippen LogP contribution in [0, 0.1) is 0 Å². The minimum absolute atomic E-state index is 0.00211. The van der Waals surface area contributed by atoms with Gasteiger partial charge in [0, 0.05) is 24.2 Å². The van der Waals surface area contributed by atoms with E-state index in [1.807, 2.05) is 30.3 Å². The number of benzene rings is 2. The standard InChI is InChI=1S/C21H24N2O4/c1-26-17-10-11-19(27-2)16(12-17)13-22-20(24)14-23-18-8-4-3-6-15(18)7-5-9-21(23)25/h3-4,6,8,10-12H,5,7,9,13-14H2,1-2H3,(H,22,24). The molecule has 142 valence electrons. The first-order valence-electron chi connectivity index (χ1n) is 8.98. The highest BCUT2D eigenvalue weighted by molar-refractivity contribution is 5.99. The molecular formula is C21H24N2O4. The number of hydrogen-bond donors (Lipinski definition) is 1. The lowest BCUT2D eigenvalue weighted by Gasteiger charge is -2.22. The Morgan fingerprint density at radius 1 is 1.11 bits per heavy atom. The third-order valence-electron chi connectivity index (χ3n) is 4.69. The van der Waals surface area contributed by atoms with E-state index in [9.17, 15) is 9.59 Å². The molecule has 0 atom stereocenters. The molecule has 6 nitrogen and oxygen atoms in total. The molecule has 2 aromatic carbocycles. The molecule has 0 bridgehead atoms. The van der Waals surface area contributed by atoms with Crippen molar-refractivity contribution < 1.29 is 19.1 Å². The zero-order chi connectivity index (χ0) is 19.2. The summed E-state index contributed by atoms with van der Waals surface area (Å²) >= 11 is 0. The summed E-state index contributed by atoms with van der Waals surface area (Å²) in [5, 5.41) is 2.88. The number of amides is 2. The number of methoxy groups -OCH3 is 2. The van der Waals surface area contributed by atoms with E-state index in [1.54, 1.807) is 31.3 Å². The van der Waals surface area contributed by atoms with E-state index in [4.69, 9.17) is 9.47 Å². The Balaban J connectivity index is 1.70. The number of nitrogens with zero attached hydrogens (tertiary/aromatic N) is 1. The Hall–Kier alpha value is -3.02. The molecular weight excluding hydrogens is 344 g/mol. The Labute approximate surface area is 159 Å². The average molecular weight is 368 g/mol. The summed E-state index contributed by atoms with van der Waals surface area (Å²) in [4.78, 5) is 26.6. The van der Waals surface area contributed by atoms with Gasteiger partial charge in [0.25, 0.3) is 0 Å². The summed E-state index contributed by atoms with van der Waals surface area (Å²) < 4.78 is 10.6. The molecule has 3 rings (SSSR count). The lowest BCUT2D eigenvalue weighted by molar-refractivity contribution is -0.123. The van der Waals surface area contributed by atoms with E-state index in [0.717, 1.165) is 29.7 Å². The van der Waals surface area contributed by atoms with Crippen molar-refractivity contribution in [3.05, 3.63) is 53.6 Å². The molecule has 1 aliphatic heterocycles. The van der Waals surface area contributed by atoms with Crippen LogP contribution in [0.4, 0.5) is 5.69 Å². The van der Waals surface area contributed by atoms with Gasteiger partial charge in [-0.15, -0.1) is 0 Å². The fraction of sp³-hybridized carbons (Fsp3) is 0.333. The second-order valence-corrected chi connectivity index (χ2v) is 6.42. The van der Waals surface area contributed by atoms with Gasteiger partial charge >= 0.3 is 0 Å². The Bertz CT molecular complexity index is 835. The maximum atomic E-state index is 12.5. The monoisotopic (exact) mass is 368 g/mol. The smallest absolute Gasteiger partial charge is 0.240 e. The molecule has 0 unspecified atom stereocenters. The van der Waals surface area contributed by atoms with Crippen LogP contribution >= 0.6 is 0 Å². The van der Waals surface area contributed by atoms with Gasteiger partial charge in [-0.3, -0.25) is 9.59 Å². The fourth-order valence-electron chi connectivity index (χ4n) is 3.27. The van der Waals surface area contributed by atoms with Crippen molar-refractivity contribution in [1.29, 1.82) is 0 Å². The first kappa shape index (κ1) is 18.8. The van der Waals surface area contributed by atoms with Gasteiger partial charge in [-0.05, 0) is 42.7 Å². The maximum absolute atomic E-state index is 12.5. The third-order valence-corrected chi connectivity index (χ3v) is 4.69. The quantitative estimate of drug-likeness (QED) is 0.851. The second-order valence-electron chi connectivity index (χ2n) is 6.42. The zero-order valence-electron chi connectivity index (χ0n) is 15.7. The van der Waals surface area contributed by atoms with Crippen LogP contribution in [0.5, 0.6) is 11.5 Å². The fourth-order valence-corrected chi connectivity index (χ4v) is 3.27. The Kier molecular flexibility index (Phi) is 5.96. The van der Waals surface area contributed by atoms with Gasteiger partial charge in [-0.25, -0.2) is 0 Å². The summed E-state index contributed by atoms with van der Waals surface area (Å²) in [6.07, 6.45) is 2.10. The maximum Gasteiger partial charge on any atom is 0.240 e. The van der Waals surface area contributed by atoms with Gasteiger partial charge in [0.2, 0.25) is 11.8 Å². The van der Waals surface area contributed by atoms with Crippen LogP contribution in [0.25, 0.3) is 0 Å². The molecule has 0 saturated carbocycles. The van der Waals surface area contributed by atoms with Crippen LogP contribution in [0.3, 0.4) is 0 Å². The van der Waals surface area contributed by atoms with Crippen LogP contribution < -0.4 is 19.7 Å². The van der Waals surface area contributed by atoms with E-state index in [2.05, 4.69) is 5.32 Å². The highest BCUT2D eigenvalue weighted by Gasteiger charge is 2.24. The number of nitrogens with one attached hydrogen (secondary N) is 1. The average Bonchev–Trinajstić information content (AvgIpc) is 2.85. The molecule has 1 aliphatic rings. The minimum atomic E-state index is -0.218. The van der Waals surface area contributed by atoms with Crippen molar-refractivity contribution in [3.8, 4) is 11.5 Å². The summed E-state index contributed by atoms with van der Waals surface area (Å²) in [6.45, 7) is 0.297. The van der Waals surface area contributed by atoms with Crippen LogP contribution in [0.2, 0.25) is 0 Å². The van der Waals surface area contributed by atoms with Gasteiger partial charge in [0.05, 0.1) is 14.2 Å². The number of para-hydroxylation sites is 1. The first-order valence-corrected chi connectivity index (χ1v) is 8.98. The molecule has 1 N–H and O–H groups in total. The van der Waals surface area contributed by atoms with Gasteiger partial charge in [0.15, 0.2) is 0 Å². The molecule has 0 radical (unpaired) electrons. The molecule has 6 heteroatoms. The molecule has 27 heavy (non-hydrogen) atoms. The van der Waals surface area contributed by atoms with Crippen molar-refractivity contribution in [2.75, 3.05) is 25.7 Å². The van der Waals surface area contributed by atoms with Crippen molar-refractivity contribution in [2.45, 2.75) is 25.8 Å². The van der Waals surface area contributed by atoms with E-state index >= 15 is 0 Å². The number of fused-ring (bicyclic) bond motifs is 1. The number of carbonyl (C=O) groups excluding carboxylic acids is 2. The molecule has 0 fully saturated rings. The highest BCUT2D eigenvalue weighted by atomic mass is 16.5. The van der Waals surface area contributed by atoms with Crippen molar-refractivity contribution in [1.82, 2.24) is 5.32 Å². The van der Waals surface area contributed by atoms with Crippen LogP contribution in [0.1, 0.15) is 24.0 Å². The van der Waals surface area contributed by atoms with Crippen LogP contribution in [0.15, 0.2) is 42.5 Å². The predicted molar refractivity (Wildman–Crippen MR) is 103 cm³/mol. The van der Waals surface area contributed by atoms with Gasteiger partial charge in [-0.1, -0.05) is 18.2 Å². The van der Waals surface area contributed by atoms with Crippen molar-refractivity contribution >= 4 is 17.5 Å². The molecule has 2 aromatic rings. The number of hydrogen-bond acceptors (Lipinski definition) is 4. The van der Waals surface area contributed by atoms with Gasteiger partial charge in [0.1, 0.15) is 18.0 Å². The Morgan fingerprint density at radius 3 is 2.70 bits per heavy atom. The van der Waals surface area contributed by atoms with E-state index in [-0.39, 0.29) is 18.4 Å². The number of rotatable bonds is 6. The number of carbonyl (C=O) groups is 2. The normalized spacial score (nSPS) is 13.6. The lowest BCUT2D eigenvalue weighted by atomic mass is 10.1. The molecule has 0 aliphatic carbocycles. The SMILES string of the molecule is COc1ccc(OC)c(CNC(=O)CN2C(=O)CCCc3ccccc32)c1. The number of anilines is 1.